The number of thiophene rings is 1. The van der Waals surface area contributed by atoms with Crippen LogP contribution in [0.25, 0.3) is 15.9 Å². The number of nitrogens with zero attached hydrogens (tertiary/aromatic N) is 3. The topological polar surface area (TPSA) is 73.5 Å². The number of aromatic nitrogens is 2. The summed E-state index contributed by atoms with van der Waals surface area (Å²) in [5.41, 5.74) is 0.459. The average Bonchev–Trinajstić information content (AvgIpc) is 3.07. The number of aryl methyl sites for hydroxylation is 2. The molecule has 170 valence electrons. The van der Waals surface area contributed by atoms with Crippen LogP contribution in [0.5, 0.6) is 5.75 Å². The zero-order valence-corrected chi connectivity index (χ0v) is 19.8. The first-order valence-corrected chi connectivity index (χ1v) is 11.9. The Morgan fingerprint density at radius 1 is 1.16 bits per heavy atom. The summed E-state index contributed by atoms with van der Waals surface area (Å²) in [6, 6.07) is 7.04. The molecule has 7 nitrogen and oxygen atoms in total. The van der Waals surface area contributed by atoms with Crippen molar-refractivity contribution in [2.75, 3.05) is 13.2 Å². The van der Waals surface area contributed by atoms with E-state index in [1.165, 1.54) is 20.5 Å². The smallest absolute Gasteiger partial charge is 0.337 e. The van der Waals surface area contributed by atoms with Crippen LogP contribution >= 0.6 is 11.3 Å². The molecule has 1 saturated heterocycles. The van der Waals surface area contributed by atoms with Crippen molar-refractivity contribution in [3.05, 3.63) is 55.5 Å². The molecule has 1 fully saturated rings. The minimum atomic E-state index is -0.495. The fourth-order valence-corrected chi connectivity index (χ4v) is 5.52. The Morgan fingerprint density at radius 2 is 1.88 bits per heavy atom. The molecule has 0 radical (unpaired) electrons. The summed E-state index contributed by atoms with van der Waals surface area (Å²) >= 11 is 1.39. The minimum absolute atomic E-state index is 0.0730. The van der Waals surface area contributed by atoms with Gasteiger partial charge in [-0.3, -0.25) is 14.2 Å². The van der Waals surface area contributed by atoms with Crippen molar-refractivity contribution in [2.45, 2.75) is 59.5 Å². The summed E-state index contributed by atoms with van der Waals surface area (Å²) in [6.45, 7) is 8.94. The van der Waals surface area contributed by atoms with E-state index in [0.29, 0.717) is 34.8 Å². The zero-order chi connectivity index (χ0) is 23.0. The van der Waals surface area contributed by atoms with Gasteiger partial charge in [0.05, 0.1) is 17.7 Å². The maximum absolute atomic E-state index is 13.6. The van der Waals surface area contributed by atoms with Gasteiger partial charge in [0.1, 0.15) is 17.1 Å². The molecule has 1 amide bonds. The van der Waals surface area contributed by atoms with E-state index in [0.717, 1.165) is 29.7 Å². The van der Waals surface area contributed by atoms with Crippen molar-refractivity contribution in [3.8, 4) is 11.4 Å². The van der Waals surface area contributed by atoms with E-state index < -0.39 is 5.69 Å². The molecule has 4 rings (SSSR count). The van der Waals surface area contributed by atoms with Crippen LogP contribution in [0, 0.1) is 13.8 Å². The van der Waals surface area contributed by atoms with E-state index in [9.17, 15) is 14.4 Å². The van der Waals surface area contributed by atoms with Crippen LogP contribution in [-0.2, 0) is 11.3 Å². The molecule has 0 N–H and O–H groups in total. The summed E-state index contributed by atoms with van der Waals surface area (Å²) in [7, 11) is 0. The molecule has 1 aliphatic heterocycles. The molecule has 1 atom stereocenters. The van der Waals surface area contributed by atoms with Crippen LogP contribution in [0.3, 0.4) is 0 Å². The second-order valence-electron chi connectivity index (χ2n) is 8.33. The molecular formula is C24H29N3O4S. The molecule has 0 aliphatic carbocycles. The number of carbonyl (C=O) groups excluding carboxylic acids is 1. The van der Waals surface area contributed by atoms with Gasteiger partial charge >= 0.3 is 5.69 Å². The van der Waals surface area contributed by atoms with E-state index in [1.54, 1.807) is 24.3 Å². The third kappa shape index (κ3) is 3.88. The standard InChI is InChI=1S/C24H29N3O4S/c1-5-31-19-11-9-18(10-12-19)27-22(29)21-16(3)17(4)32-23(21)26(24(27)30)14-20(28)25-13-7-6-8-15(25)2/h9-12,15H,5-8,13-14H2,1-4H3/t15-/m1/s1. The molecule has 32 heavy (non-hydrogen) atoms. The summed E-state index contributed by atoms with van der Waals surface area (Å²) in [6.07, 6.45) is 3.06. The first-order valence-electron chi connectivity index (χ1n) is 11.1. The van der Waals surface area contributed by atoms with Crippen LogP contribution in [0.15, 0.2) is 33.9 Å². The lowest BCUT2D eigenvalue weighted by Crippen LogP contribution is -2.46. The maximum Gasteiger partial charge on any atom is 0.337 e. The van der Waals surface area contributed by atoms with E-state index in [4.69, 9.17) is 4.74 Å². The summed E-state index contributed by atoms with van der Waals surface area (Å²) in [5.74, 6) is 0.587. The highest BCUT2D eigenvalue weighted by atomic mass is 32.1. The molecule has 0 unspecified atom stereocenters. The number of amides is 1. The second-order valence-corrected chi connectivity index (χ2v) is 9.53. The fourth-order valence-electron chi connectivity index (χ4n) is 4.38. The molecule has 3 aromatic rings. The number of fused-ring (bicyclic) bond motifs is 1. The quantitative estimate of drug-likeness (QED) is 0.589. The van der Waals surface area contributed by atoms with Gasteiger partial charge in [-0.1, -0.05) is 0 Å². The van der Waals surface area contributed by atoms with E-state index in [1.807, 2.05) is 25.7 Å². The molecule has 1 aromatic carbocycles. The zero-order valence-electron chi connectivity index (χ0n) is 19.0. The molecule has 2 aromatic heterocycles. The molecule has 0 spiro atoms. The predicted octanol–water partition coefficient (Wildman–Crippen LogP) is 3.63. The Kier molecular flexibility index (Phi) is 6.24. The number of carbonyl (C=O) groups is 1. The normalized spacial score (nSPS) is 16.5. The molecule has 8 heteroatoms. The van der Waals surface area contributed by atoms with Gasteiger partial charge in [0, 0.05) is 17.5 Å². The number of ether oxygens (including phenoxy) is 1. The van der Waals surface area contributed by atoms with E-state index in [2.05, 4.69) is 6.92 Å². The number of likely N-dealkylation sites (tertiary alicyclic amines) is 1. The summed E-state index contributed by atoms with van der Waals surface area (Å²) in [4.78, 5) is 43.6. The largest absolute Gasteiger partial charge is 0.494 e. The maximum atomic E-state index is 13.6. The lowest BCUT2D eigenvalue weighted by Gasteiger charge is -2.33. The number of rotatable bonds is 5. The summed E-state index contributed by atoms with van der Waals surface area (Å²) in [5, 5.41) is 0.500. The Hall–Kier alpha value is -2.87. The van der Waals surface area contributed by atoms with Crippen LogP contribution in [0.1, 0.15) is 43.6 Å². The number of hydrogen-bond acceptors (Lipinski definition) is 5. The van der Waals surface area contributed by atoms with Crippen molar-refractivity contribution >= 4 is 27.5 Å². The number of hydrogen-bond donors (Lipinski definition) is 0. The lowest BCUT2D eigenvalue weighted by molar-refractivity contribution is -0.135. The monoisotopic (exact) mass is 455 g/mol. The van der Waals surface area contributed by atoms with Gasteiger partial charge in [-0.15, -0.1) is 11.3 Å². The third-order valence-electron chi connectivity index (χ3n) is 6.27. The van der Waals surface area contributed by atoms with Crippen LogP contribution in [0.2, 0.25) is 0 Å². The van der Waals surface area contributed by atoms with Gasteiger partial charge in [-0.05, 0) is 76.8 Å². The van der Waals surface area contributed by atoms with Crippen molar-refractivity contribution < 1.29 is 9.53 Å². The van der Waals surface area contributed by atoms with Crippen molar-refractivity contribution in [1.82, 2.24) is 14.0 Å². The minimum Gasteiger partial charge on any atom is -0.494 e. The van der Waals surface area contributed by atoms with Gasteiger partial charge < -0.3 is 9.64 Å². The average molecular weight is 456 g/mol. The predicted molar refractivity (Wildman–Crippen MR) is 127 cm³/mol. The number of benzene rings is 1. The Balaban J connectivity index is 1.87. The first-order chi connectivity index (χ1) is 15.3. The summed E-state index contributed by atoms with van der Waals surface area (Å²) < 4.78 is 8.13. The number of piperidine rings is 1. The Labute approximate surface area is 190 Å². The highest BCUT2D eigenvalue weighted by Crippen LogP contribution is 2.27. The van der Waals surface area contributed by atoms with Gasteiger partial charge in [0.15, 0.2) is 0 Å². The van der Waals surface area contributed by atoms with Crippen LogP contribution in [0.4, 0.5) is 0 Å². The third-order valence-corrected chi connectivity index (χ3v) is 7.50. The van der Waals surface area contributed by atoms with Gasteiger partial charge in [-0.25, -0.2) is 9.36 Å². The molecule has 1 aliphatic rings. The van der Waals surface area contributed by atoms with E-state index >= 15 is 0 Å². The second kappa shape index (κ2) is 8.94. The van der Waals surface area contributed by atoms with Crippen molar-refractivity contribution in [2.24, 2.45) is 0 Å². The Morgan fingerprint density at radius 3 is 2.53 bits per heavy atom. The van der Waals surface area contributed by atoms with Crippen LogP contribution < -0.4 is 16.0 Å². The fraction of sp³-hybridized carbons (Fsp3) is 0.458. The van der Waals surface area contributed by atoms with Gasteiger partial charge in [-0.2, -0.15) is 0 Å². The molecule has 0 bridgehead atoms. The highest BCUT2D eigenvalue weighted by Gasteiger charge is 2.26. The van der Waals surface area contributed by atoms with E-state index in [-0.39, 0.29) is 24.1 Å². The van der Waals surface area contributed by atoms with Gasteiger partial charge in [0.2, 0.25) is 5.91 Å². The highest BCUT2D eigenvalue weighted by molar-refractivity contribution is 7.18. The van der Waals surface area contributed by atoms with Crippen LogP contribution in [-0.4, -0.2) is 39.1 Å². The Bertz CT molecular complexity index is 1270. The first kappa shape index (κ1) is 22.3. The van der Waals surface area contributed by atoms with Crippen molar-refractivity contribution in [1.29, 1.82) is 0 Å². The molecular weight excluding hydrogens is 426 g/mol. The molecule has 0 saturated carbocycles. The van der Waals surface area contributed by atoms with Gasteiger partial charge in [0.25, 0.3) is 5.56 Å². The SMILES string of the molecule is CCOc1ccc(-n2c(=O)c3c(C)c(C)sc3n(CC(=O)N3CCCC[C@H]3C)c2=O)cc1. The van der Waals surface area contributed by atoms with Crippen molar-refractivity contribution in [3.63, 3.8) is 0 Å². The lowest BCUT2D eigenvalue weighted by atomic mass is 10.0. The molecule has 3 heterocycles.